The Labute approximate surface area is 115 Å². The molecule has 0 aromatic rings. The summed E-state index contributed by atoms with van der Waals surface area (Å²) in [5.74, 6) is -0.204. The second-order valence-corrected chi connectivity index (χ2v) is 4.70. The normalized spacial score (nSPS) is 10.9. The van der Waals surface area contributed by atoms with E-state index >= 15 is 0 Å². The van der Waals surface area contributed by atoms with Gasteiger partial charge in [0.05, 0.1) is 6.61 Å². The third-order valence-corrected chi connectivity index (χ3v) is 1.11. The van der Waals surface area contributed by atoms with Gasteiger partial charge in [-0.25, -0.2) is 4.79 Å². The predicted molar refractivity (Wildman–Crippen MR) is 74.5 cm³/mol. The van der Waals surface area contributed by atoms with Gasteiger partial charge >= 0.3 is 16.4 Å². The molecule has 0 rings (SSSR count). The molecule has 0 fully saturated rings. The van der Waals surface area contributed by atoms with E-state index < -0.39 is 10.4 Å². The highest BCUT2D eigenvalue weighted by Crippen LogP contribution is 1.97. The van der Waals surface area contributed by atoms with Crippen LogP contribution in [-0.4, -0.2) is 56.1 Å². The van der Waals surface area contributed by atoms with Crippen LogP contribution >= 0.6 is 0 Å². The van der Waals surface area contributed by atoms with Crippen LogP contribution in [0.2, 0.25) is 0 Å². The molecular formula is C11H25NO6S. The van der Waals surface area contributed by atoms with Crippen molar-refractivity contribution in [2.45, 2.75) is 27.2 Å². The minimum atomic E-state index is -4.67. The summed E-state index contributed by atoms with van der Waals surface area (Å²) in [7, 11) is 1.33. The van der Waals surface area contributed by atoms with Gasteiger partial charge < -0.3 is 9.64 Å². The molecule has 0 aliphatic carbocycles. The molecule has 0 radical (unpaired) electrons. The first-order valence-electron chi connectivity index (χ1n) is 5.60. The number of hydrogen-bond donors (Lipinski definition) is 2. The highest BCUT2D eigenvalue weighted by Gasteiger charge is 2.01. The van der Waals surface area contributed by atoms with Crippen LogP contribution in [0.5, 0.6) is 0 Å². The topological polar surface area (TPSA) is 104 Å². The number of ether oxygens (including phenoxy) is 1. The lowest BCUT2D eigenvalue weighted by Gasteiger charge is -1.99. The summed E-state index contributed by atoms with van der Waals surface area (Å²) in [4.78, 5) is 12.8. The van der Waals surface area contributed by atoms with Crippen molar-refractivity contribution < 1.29 is 27.1 Å². The van der Waals surface area contributed by atoms with Gasteiger partial charge in [-0.05, 0) is 41.4 Å². The molecule has 8 heteroatoms. The van der Waals surface area contributed by atoms with Crippen molar-refractivity contribution in [1.82, 2.24) is 4.90 Å². The average molecular weight is 299 g/mol. The van der Waals surface area contributed by atoms with E-state index in [4.69, 9.17) is 22.3 Å². The zero-order chi connectivity index (χ0) is 16.1. The molecule has 0 amide bonds. The summed E-state index contributed by atoms with van der Waals surface area (Å²) in [6.45, 7) is 6.01. The van der Waals surface area contributed by atoms with Gasteiger partial charge in [-0.15, -0.1) is 0 Å². The van der Waals surface area contributed by atoms with E-state index in [2.05, 4.69) is 0 Å². The molecule has 7 nitrogen and oxygen atoms in total. The van der Waals surface area contributed by atoms with Crippen LogP contribution in [0.25, 0.3) is 0 Å². The number of esters is 1. The molecule has 0 aromatic carbocycles. The second kappa shape index (κ2) is 13.5. The molecular weight excluding hydrogens is 274 g/mol. The molecule has 0 unspecified atom stereocenters. The fraction of sp³-hybridized carbons (Fsp3) is 0.727. The number of hydrogen-bond acceptors (Lipinski definition) is 5. The summed E-state index contributed by atoms with van der Waals surface area (Å²) in [5, 5.41) is 0. The predicted octanol–water partition coefficient (Wildman–Crippen LogP) is 1.43. The fourth-order valence-electron chi connectivity index (χ4n) is 0.634. The van der Waals surface area contributed by atoms with Crippen LogP contribution in [0.4, 0.5) is 0 Å². The Morgan fingerprint density at radius 3 is 1.74 bits per heavy atom. The van der Waals surface area contributed by atoms with Gasteiger partial charge in [-0.2, -0.15) is 8.42 Å². The lowest BCUT2D eigenvalue weighted by molar-refractivity contribution is -0.138. The SMILES string of the molecule is CCC=C(C)C(=O)OCC.CN(C)C.O=S(=O)(O)O. The number of rotatable bonds is 3. The first-order chi connectivity index (χ1) is 8.45. The van der Waals surface area contributed by atoms with Crippen molar-refractivity contribution in [2.75, 3.05) is 27.7 Å². The minimum absolute atomic E-state index is 0.204. The summed E-state index contributed by atoms with van der Waals surface area (Å²) >= 11 is 0. The summed E-state index contributed by atoms with van der Waals surface area (Å²) in [6.07, 6.45) is 2.74. The molecule has 0 heterocycles. The largest absolute Gasteiger partial charge is 0.463 e. The van der Waals surface area contributed by atoms with E-state index in [-0.39, 0.29) is 5.97 Å². The number of carbonyl (C=O) groups is 1. The van der Waals surface area contributed by atoms with Crippen molar-refractivity contribution in [2.24, 2.45) is 0 Å². The van der Waals surface area contributed by atoms with Crippen molar-refractivity contribution in [1.29, 1.82) is 0 Å². The van der Waals surface area contributed by atoms with E-state index in [0.29, 0.717) is 12.2 Å². The lowest BCUT2D eigenvalue weighted by atomic mass is 10.2. The third-order valence-electron chi connectivity index (χ3n) is 1.11. The summed E-state index contributed by atoms with van der Waals surface area (Å²) < 4.78 is 36.3. The van der Waals surface area contributed by atoms with Gasteiger partial charge in [0, 0.05) is 5.57 Å². The molecule has 0 saturated carbocycles. The van der Waals surface area contributed by atoms with Crippen LogP contribution in [-0.2, 0) is 19.9 Å². The Balaban J connectivity index is -0.000000238. The minimum Gasteiger partial charge on any atom is -0.463 e. The number of allylic oxidation sites excluding steroid dienone is 1. The van der Waals surface area contributed by atoms with Crippen LogP contribution in [0.1, 0.15) is 27.2 Å². The Bertz CT molecular complexity index is 337. The van der Waals surface area contributed by atoms with Crippen molar-refractivity contribution in [3.8, 4) is 0 Å². The summed E-state index contributed by atoms with van der Waals surface area (Å²) in [6, 6.07) is 0. The van der Waals surface area contributed by atoms with E-state index in [1.165, 1.54) is 0 Å². The van der Waals surface area contributed by atoms with Crippen molar-refractivity contribution in [3.05, 3.63) is 11.6 Å². The Kier molecular flexibility index (Phi) is 16.4. The van der Waals surface area contributed by atoms with E-state index in [1.54, 1.807) is 13.8 Å². The maximum atomic E-state index is 10.8. The Hall–Kier alpha value is -0.960. The van der Waals surface area contributed by atoms with Gasteiger partial charge in [-0.3, -0.25) is 9.11 Å². The van der Waals surface area contributed by atoms with Crippen LogP contribution in [0.15, 0.2) is 11.6 Å². The first-order valence-corrected chi connectivity index (χ1v) is 7.00. The maximum absolute atomic E-state index is 10.8. The van der Waals surface area contributed by atoms with E-state index in [0.717, 1.165) is 6.42 Å². The fourth-order valence-corrected chi connectivity index (χ4v) is 0.634. The van der Waals surface area contributed by atoms with Gasteiger partial charge in [0.1, 0.15) is 0 Å². The zero-order valence-corrected chi connectivity index (χ0v) is 13.2. The van der Waals surface area contributed by atoms with E-state index in [1.807, 2.05) is 39.0 Å². The zero-order valence-electron chi connectivity index (χ0n) is 12.4. The van der Waals surface area contributed by atoms with E-state index in [9.17, 15) is 4.79 Å². The molecule has 19 heavy (non-hydrogen) atoms. The molecule has 0 bridgehead atoms. The first kappa shape index (κ1) is 23.2. The lowest BCUT2D eigenvalue weighted by Crippen LogP contribution is -2.04. The van der Waals surface area contributed by atoms with Crippen LogP contribution in [0.3, 0.4) is 0 Å². The van der Waals surface area contributed by atoms with Gasteiger partial charge in [0.15, 0.2) is 0 Å². The Morgan fingerprint density at radius 1 is 1.21 bits per heavy atom. The number of carbonyl (C=O) groups excluding carboxylic acids is 1. The van der Waals surface area contributed by atoms with Gasteiger partial charge in [-0.1, -0.05) is 13.0 Å². The number of nitrogens with zero attached hydrogens (tertiary/aromatic N) is 1. The van der Waals surface area contributed by atoms with Gasteiger partial charge in [0.25, 0.3) is 0 Å². The smallest absolute Gasteiger partial charge is 0.394 e. The monoisotopic (exact) mass is 299 g/mol. The highest BCUT2D eigenvalue weighted by molar-refractivity contribution is 7.79. The highest BCUT2D eigenvalue weighted by atomic mass is 32.3. The quantitative estimate of drug-likeness (QED) is 0.461. The third kappa shape index (κ3) is 47.2. The molecule has 0 saturated heterocycles. The second-order valence-electron chi connectivity index (χ2n) is 3.81. The van der Waals surface area contributed by atoms with Crippen molar-refractivity contribution in [3.63, 3.8) is 0 Å². The molecule has 0 aromatic heterocycles. The maximum Gasteiger partial charge on any atom is 0.394 e. The molecule has 116 valence electrons. The molecule has 0 spiro atoms. The van der Waals surface area contributed by atoms with Crippen LogP contribution in [0, 0.1) is 0 Å². The standard InChI is InChI=1S/C8H14O2.C3H9N.H2O4S/c1-4-6-7(3)8(9)10-5-2;1-4(2)3;1-5(2,3)4/h6H,4-5H2,1-3H3;1-3H3;(H2,1,2,3,4). The van der Waals surface area contributed by atoms with Crippen molar-refractivity contribution >= 4 is 16.4 Å². The molecule has 0 atom stereocenters. The molecule has 2 N–H and O–H groups in total. The van der Waals surface area contributed by atoms with Crippen LogP contribution < -0.4 is 0 Å². The summed E-state index contributed by atoms with van der Waals surface area (Å²) in [5.41, 5.74) is 0.698. The molecule has 0 aliphatic rings. The average Bonchev–Trinajstić information content (AvgIpc) is 2.14. The van der Waals surface area contributed by atoms with Gasteiger partial charge in [0.2, 0.25) is 0 Å². The molecule has 0 aliphatic heterocycles. The Morgan fingerprint density at radius 2 is 1.53 bits per heavy atom.